The quantitative estimate of drug-likeness (QED) is 0.693. The van der Waals surface area contributed by atoms with E-state index in [1.807, 2.05) is 0 Å². The van der Waals surface area contributed by atoms with E-state index in [2.05, 4.69) is 20.7 Å². The van der Waals surface area contributed by atoms with Crippen molar-refractivity contribution in [2.24, 2.45) is 0 Å². The van der Waals surface area contributed by atoms with Crippen molar-refractivity contribution in [2.75, 3.05) is 27.9 Å². The molecule has 1 N–H and O–H groups in total. The monoisotopic (exact) mass is 474 g/mol. The van der Waals surface area contributed by atoms with E-state index < -0.39 is 20.0 Å². The highest BCUT2D eigenvalue weighted by atomic mass is 79.9. The highest BCUT2D eigenvalue weighted by Gasteiger charge is 2.28. The van der Waals surface area contributed by atoms with Gasteiger partial charge in [0.1, 0.15) is 10.6 Å². The summed E-state index contributed by atoms with van der Waals surface area (Å²) in [6, 6.07) is 11.0. The Hall–Kier alpha value is -1.78. The van der Waals surface area contributed by atoms with E-state index in [4.69, 9.17) is 4.74 Å². The molecule has 0 unspecified atom stereocenters. The lowest BCUT2D eigenvalue weighted by atomic mass is 10.3. The molecular formula is C17H19BrN2O5S2. The maximum Gasteiger partial charge on any atom is 0.265 e. The molecule has 146 valence electrons. The number of ether oxygens (including phenoxy) is 1. The summed E-state index contributed by atoms with van der Waals surface area (Å²) in [5.41, 5.74) is 0.852. The van der Waals surface area contributed by atoms with Crippen LogP contribution in [0, 0.1) is 0 Å². The van der Waals surface area contributed by atoms with Gasteiger partial charge in [-0.05, 0) is 55.8 Å². The first-order valence-electron chi connectivity index (χ1n) is 8.28. The molecule has 1 aliphatic rings. The Morgan fingerprint density at radius 1 is 1.19 bits per heavy atom. The zero-order valence-electron chi connectivity index (χ0n) is 14.6. The summed E-state index contributed by atoms with van der Waals surface area (Å²) in [7, 11) is -7.16. The molecule has 0 radical (unpaired) electrons. The topological polar surface area (TPSA) is 92.8 Å². The highest BCUT2D eigenvalue weighted by molar-refractivity contribution is 9.10. The summed E-state index contributed by atoms with van der Waals surface area (Å²) in [6.45, 7) is 2.54. The summed E-state index contributed by atoms with van der Waals surface area (Å²) in [4.78, 5) is 0.0184. The summed E-state index contributed by atoms with van der Waals surface area (Å²) < 4.78 is 59.4. The minimum absolute atomic E-state index is 0.0184. The van der Waals surface area contributed by atoms with Crippen molar-refractivity contribution in [1.82, 2.24) is 0 Å². The minimum Gasteiger partial charge on any atom is -0.492 e. The Bertz CT molecular complexity index is 1040. The van der Waals surface area contributed by atoms with Gasteiger partial charge >= 0.3 is 0 Å². The molecule has 0 amide bonds. The van der Waals surface area contributed by atoms with Gasteiger partial charge in [-0.3, -0.25) is 9.03 Å². The van der Waals surface area contributed by atoms with Crippen molar-refractivity contribution in [2.45, 2.75) is 18.2 Å². The lowest BCUT2D eigenvalue weighted by molar-refractivity contribution is 0.331. The molecule has 1 fully saturated rings. The standard InChI is InChI=1S/C17H19BrN2O5S2/c1-2-25-16-9-4-13(18)12-17(16)27(23,24)19-14-5-7-15(8-6-14)20-10-3-11-26(20,21)22/h4-9,12,19H,2-3,10-11H2,1H3. The molecule has 1 saturated heterocycles. The second-order valence-corrected chi connectivity index (χ2v) is 10.5. The molecular weight excluding hydrogens is 456 g/mol. The molecule has 0 aromatic heterocycles. The molecule has 27 heavy (non-hydrogen) atoms. The SMILES string of the molecule is CCOc1ccc(Br)cc1S(=O)(=O)Nc1ccc(N2CCCS2(=O)=O)cc1. The molecule has 10 heteroatoms. The zero-order chi connectivity index (χ0) is 19.7. The fourth-order valence-corrected chi connectivity index (χ4v) is 6.11. The Morgan fingerprint density at radius 3 is 2.48 bits per heavy atom. The van der Waals surface area contributed by atoms with Crippen LogP contribution in [-0.2, 0) is 20.0 Å². The predicted octanol–water partition coefficient (Wildman–Crippen LogP) is 3.19. The van der Waals surface area contributed by atoms with Gasteiger partial charge < -0.3 is 4.74 Å². The van der Waals surface area contributed by atoms with Gasteiger partial charge in [0.2, 0.25) is 10.0 Å². The molecule has 0 spiro atoms. The number of halogens is 1. The van der Waals surface area contributed by atoms with Gasteiger partial charge in [0, 0.05) is 16.7 Å². The average molecular weight is 475 g/mol. The van der Waals surface area contributed by atoms with Gasteiger partial charge in [-0.15, -0.1) is 0 Å². The molecule has 1 aliphatic heterocycles. The zero-order valence-corrected chi connectivity index (χ0v) is 17.8. The number of hydrogen-bond acceptors (Lipinski definition) is 5. The predicted molar refractivity (Wildman–Crippen MR) is 108 cm³/mol. The summed E-state index contributed by atoms with van der Waals surface area (Å²) in [5, 5.41) is 0. The van der Waals surface area contributed by atoms with Gasteiger partial charge in [-0.2, -0.15) is 0 Å². The summed E-state index contributed by atoms with van der Waals surface area (Å²) >= 11 is 3.27. The molecule has 0 saturated carbocycles. The van der Waals surface area contributed by atoms with E-state index in [-0.39, 0.29) is 16.4 Å². The first-order valence-corrected chi connectivity index (χ1v) is 12.2. The van der Waals surface area contributed by atoms with Crippen molar-refractivity contribution in [1.29, 1.82) is 0 Å². The first kappa shape index (κ1) is 20.0. The minimum atomic E-state index is -3.88. The van der Waals surface area contributed by atoms with E-state index in [9.17, 15) is 16.8 Å². The molecule has 0 atom stereocenters. The molecule has 1 heterocycles. The lowest BCUT2D eigenvalue weighted by Crippen LogP contribution is -2.25. The maximum atomic E-state index is 12.8. The van der Waals surface area contributed by atoms with Gasteiger partial charge in [0.25, 0.3) is 10.0 Å². The number of nitrogens with zero attached hydrogens (tertiary/aromatic N) is 1. The fraction of sp³-hybridized carbons (Fsp3) is 0.294. The Balaban J connectivity index is 1.86. The first-order chi connectivity index (χ1) is 12.7. The maximum absolute atomic E-state index is 12.8. The van der Waals surface area contributed by atoms with Crippen LogP contribution in [0.2, 0.25) is 0 Å². The molecule has 2 aromatic carbocycles. The second-order valence-electron chi connectivity index (χ2n) is 5.92. The number of rotatable bonds is 6. The summed E-state index contributed by atoms with van der Waals surface area (Å²) in [5.74, 6) is 0.387. The van der Waals surface area contributed by atoms with Gasteiger partial charge in [-0.25, -0.2) is 16.8 Å². The Labute approximate surface area is 167 Å². The normalized spacial score (nSPS) is 16.3. The van der Waals surface area contributed by atoms with Crippen LogP contribution in [-0.4, -0.2) is 35.7 Å². The number of hydrogen-bond donors (Lipinski definition) is 1. The van der Waals surface area contributed by atoms with E-state index >= 15 is 0 Å². The smallest absolute Gasteiger partial charge is 0.265 e. The van der Waals surface area contributed by atoms with E-state index in [0.717, 1.165) is 0 Å². The van der Waals surface area contributed by atoms with Crippen LogP contribution in [0.4, 0.5) is 11.4 Å². The molecule has 7 nitrogen and oxygen atoms in total. The number of anilines is 2. The molecule has 3 rings (SSSR count). The van der Waals surface area contributed by atoms with Crippen molar-refractivity contribution in [3.05, 3.63) is 46.9 Å². The highest BCUT2D eigenvalue weighted by Crippen LogP contribution is 2.30. The lowest BCUT2D eigenvalue weighted by Gasteiger charge is -2.17. The number of nitrogens with one attached hydrogen (secondary N) is 1. The average Bonchev–Trinajstić information content (AvgIpc) is 2.96. The Morgan fingerprint density at radius 2 is 1.89 bits per heavy atom. The third-order valence-electron chi connectivity index (χ3n) is 4.00. The van der Waals surface area contributed by atoms with E-state index in [1.54, 1.807) is 43.3 Å². The molecule has 0 aliphatic carbocycles. The third kappa shape index (κ3) is 4.39. The largest absolute Gasteiger partial charge is 0.492 e. The van der Waals surface area contributed by atoms with E-state index in [0.29, 0.717) is 35.4 Å². The third-order valence-corrected chi connectivity index (χ3v) is 7.77. The molecule has 2 aromatic rings. The molecule has 0 bridgehead atoms. The van der Waals surface area contributed by atoms with Crippen LogP contribution < -0.4 is 13.8 Å². The van der Waals surface area contributed by atoms with Crippen LogP contribution in [0.1, 0.15) is 13.3 Å². The van der Waals surface area contributed by atoms with Crippen LogP contribution in [0.5, 0.6) is 5.75 Å². The fourth-order valence-electron chi connectivity index (χ4n) is 2.80. The van der Waals surface area contributed by atoms with Crippen LogP contribution >= 0.6 is 15.9 Å². The Kier molecular flexibility index (Phi) is 5.68. The van der Waals surface area contributed by atoms with Crippen LogP contribution in [0.25, 0.3) is 0 Å². The van der Waals surface area contributed by atoms with Gasteiger partial charge in [-0.1, -0.05) is 15.9 Å². The van der Waals surface area contributed by atoms with Gasteiger partial charge in [0.15, 0.2) is 0 Å². The van der Waals surface area contributed by atoms with Crippen LogP contribution in [0.3, 0.4) is 0 Å². The van der Waals surface area contributed by atoms with Crippen molar-refractivity contribution < 1.29 is 21.6 Å². The van der Waals surface area contributed by atoms with Crippen molar-refractivity contribution in [3.63, 3.8) is 0 Å². The number of sulfonamides is 2. The van der Waals surface area contributed by atoms with Crippen molar-refractivity contribution in [3.8, 4) is 5.75 Å². The van der Waals surface area contributed by atoms with Gasteiger partial charge in [0.05, 0.1) is 18.0 Å². The van der Waals surface area contributed by atoms with Crippen LogP contribution in [0.15, 0.2) is 51.8 Å². The van der Waals surface area contributed by atoms with E-state index in [1.165, 1.54) is 10.4 Å². The van der Waals surface area contributed by atoms with Crippen molar-refractivity contribution >= 4 is 47.4 Å². The summed E-state index contributed by atoms with van der Waals surface area (Å²) in [6.07, 6.45) is 0.583. The number of benzene rings is 2. The second kappa shape index (κ2) is 7.69.